The van der Waals surface area contributed by atoms with E-state index in [1.165, 1.54) is 33.5 Å². The van der Waals surface area contributed by atoms with Crippen molar-refractivity contribution in [3.8, 4) is 5.75 Å². The van der Waals surface area contributed by atoms with Crippen molar-refractivity contribution in [2.45, 2.75) is 11.7 Å². The second-order valence-electron chi connectivity index (χ2n) is 4.94. The molecule has 0 fully saturated rings. The highest BCUT2D eigenvalue weighted by molar-refractivity contribution is 5.94. The minimum atomic E-state index is -1.75. The van der Waals surface area contributed by atoms with Gasteiger partial charge in [-0.15, -0.1) is 0 Å². The summed E-state index contributed by atoms with van der Waals surface area (Å²) in [6.45, 7) is 0. The van der Waals surface area contributed by atoms with Crippen LogP contribution in [0.2, 0.25) is 0 Å². The Morgan fingerprint density at radius 3 is 2.29 bits per heavy atom. The van der Waals surface area contributed by atoms with Crippen molar-refractivity contribution in [2.75, 3.05) is 21.3 Å². The molecule has 2 atom stereocenters. The molecule has 2 unspecified atom stereocenters. The van der Waals surface area contributed by atoms with Gasteiger partial charge in [0.25, 0.3) is 5.60 Å². The minimum Gasteiger partial charge on any atom is -0.497 e. The van der Waals surface area contributed by atoms with Crippen molar-refractivity contribution in [1.82, 2.24) is 0 Å². The van der Waals surface area contributed by atoms with Crippen molar-refractivity contribution in [1.29, 1.82) is 0 Å². The summed E-state index contributed by atoms with van der Waals surface area (Å²) >= 11 is 0. The molecular weight excluding hydrogens is 316 g/mol. The average Bonchev–Trinajstić information content (AvgIpc) is 2.60. The maximum Gasteiger partial charge on any atom is 0.354 e. The number of para-hydroxylation sites is 1. The number of methoxy groups -OCH3 is 3. The van der Waals surface area contributed by atoms with E-state index in [0.29, 0.717) is 5.75 Å². The number of carbonyl (C=O) groups is 2. The Labute approximate surface area is 139 Å². The first-order valence-corrected chi connectivity index (χ1v) is 7.06. The quantitative estimate of drug-likeness (QED) is 0.623. The Bertz CT molecular complexity index is 677. The van der Waals surface area contributed by atoms with Gasteiger partial charge >= 0.3 is 11.9 Å². The fourth-order valence-electron chi connectivity index (χ4n) is 2.48. The van der Waals surface area contributed by atoms with Crippen molar-refractivity contribution >= 4 is 11.9 Å². The third-order valence-corrected chi connectivity index (χ3v) is 3.68. The third-order valence-electron chi connectivity index (χ3n) is 3.68. The second-order valence-corrected chi connectivity index (χ2v) is 4.94. The van der Waals surface area contributed by atoms with Gasteiger partial charge in [0.05, 0.1) is 12.7 Å². The highest BCUT2D eigenvalue weighted by Crippen LogP contribution is 2.35. The summed E-state index contributed by atoms with van der Waals surface area (Å²) in [6.07, 6.45) is 1.46. The normalized spacial score (nSPS) is 23.0. The largest absolute Gasteiger partial charge is 0.497 e. The number of hydrogen-bond acceptors (Lipinski definition) is 6. The van der Waals surface area contributed by atoms with E-state index in [4.69, 9.17) is 18.9 Å². The number of aliphatic carboxylic acids is 1. The number of hydrogen-bond donors (Lipinski definition) is 1. The molecule has 7 heteroatoms. The molecule has 0 amide bonds. The highest BCUT2D eigenvalue weighted by atomic mass is 16.6. The first kappa shape index (κ1) is 17.7. The second kappa shape index (κ2) is 7.29. The molecule has 1 aromatic carbocycles. The molecule has 0 radical (unpaired) electrons. The number of benzene rings is 1. The number of rotatable bonds is 6. The zero-order valence-electron chi connectivity index (χ0n) is 13.5. The lowest BCUT2D eigenvalue weighted by atomic mass is 9.86. The summed E-state index contributed by atoms with van der Waals surface area (Å²) in [5.74, 6) is -1.65. The van der Waals surface area contributed by atoms with Crippen LogP contribution < -0.4 is 4.74 Å². The number of esters is 1. The van der Waals surface area contributed by atoms with E-state index in [9.17, 15) is 14.7 Å². The zero-order chi connectivity index (χ0) is 17.7. The van der Waals surface area contributed by atoms with Crippen LogP contribution in [-0.2, 0) is 23.8 Å². The van der Waals surface area contributed by atoms with E-state index in [1.807, 2.05) is 0 Å². The van der Waals surface area contributed by atoms with Crippen molar-refractivity contribution in [3.05, 3.63) is 53.8 Å². The number of carboxylic acid groups (broad SMARTS) is 1. The standard InChI is InChI=1S/C17H18O7/c1-21-13-9-11(15(18)19)10-14(22-2)17(13,23-3)16(20)24-12-7-5-4-6-8-12/h4-10,13H,1-3H3,(H,18,19). The Morgan fingerprint density at radius 1 is 1.12 bits per heavy atom. The molecule has 128 valence electrons. The van der Waals surface area contributed by atoms with Gasteiger partial charge in [-0.05, 0) is 24.3 Å². The van der Waals surface area contributed by atoms with Gasteiger partial charge in [-0.2, -0.15) is 0 Å². The molecule has 0 bridgehead atoms. The molecule has 0 aromatic heterocycles. The number of carboxylic acids is 1. The van der Waals surface area contributed by atoms with Crippen LogP contribution in [0, 0.1) is 0 Å². The highest BCUT2D eigenvalue weighted by Gasteiger charge is 2.54. The van der Waals surface area contributed by atoms with Crippen LogP contribution in [0.5, 0.6) is 5.75 Å². The van der Waals surface area contributed by atoms with Crippen molar-refractivity contribution in [2.24, 2.45) is 0 Å². The van der Waals surface area contributed by atoms with E-state index in [0.717, 1.165) is 0 Å². The molecule has 0 aliphatic heterocycles. The van der Waals surface area contributed by atoms with Gasteiger partial charge in [0, 0.05) is 14.2 Å². The SMILES string of the molecule is COC1=CC(C(=O)O)=CC(OC)C1(OC)C(=O)Oc1ccccc1. The van der Waals surface area contributed by atoms with E-state index in [2.05, 4.69) is 0 Å². The van der Waals surface area contributed by atoms with Gasteiger partial charge in [0.2, 0.25) is 0 Å². The fraction of sp³-hybridized carbons (Fsp3) is 0.294. The minimum absolute atomic E-state index is 0.0160. The summed E-state index contributed by atoms with van der Waals surface area (Å²) in [5, 5.41) is 9.20. The van der Waals surface area contributed by atoms with Crippen LogP contribution in [0.25, 0.3) is 0 Å². The summed E-state index contributed by atoms with van der Waals surface area (Å²) in [6, 6.07) is 8.43. The predicted molar refractivity (Wildman–Crippen MR) is 83.4 cm³/mol. The molecule has 1 aliphatic carbocycles. The molecule has 1 N–H and O–H groups in total. The van der Waals surface area contributed by atoms with Crippen LogP contribution in [0.3, 0.4) is 0 Å². The maximum absolute atomic E-state index is 12.8. The molecular formula is C17H18O7. The molecule has 1 aliphatic rings. The average molecular weight is 334 g/mol. The Balaban J connectivity index is 2.46. The summed E-state index contributed by atoms with van der Waals surface area (Å²) in [4.78, 5) is 24.1. The first-order valence-electron chi connectivity index (χ1n) is 7.06. The smallest absolute Gasteiger partial charge is 0.354 e. The lowest BCUT2D eigenvalue weighted by Crippen LogP contribution is -2.56. The van der Waals surface area contributed by atoms with Crippen molar-refractivity contribution < 1.29 is 33.6 Å². The van der Waals surface area contributed by atoms with Gasteiger partial charge in [0.15, 0.2) is 0 Å². The van der Waals surface area contributed by atoms with Crippen molar-refractivity contribution in [3.63, 3.8) is 0 Å². The van der Waals surface area contributed by atoms with Gasteiger partial charge in [0.1, 0.15) is 17.6 Å². The molecule has 1 aromatic rings. The summed E-state index contributed by atoms with van der Waals surface area (Å²) < 4.78 is 21.3. The fourth-order valence-corrected chi connectivity index (χ4v) is 2.48. The van der Waals surface area contributed by atoms with Gasteiger partial charge < -0.3 is 24.1 Å². The molecule has 0 saturated heterocycles. The Hall–Kier alpha value is -2.64. The van der Waals surface area contributed by atoms with E-state index < -0.39 is 23.6 Å². The maximum atomic E-state index is 12.8. The molecule has 0 saturated carbocycles. The number of carbonyl (C=O) groups excluding carboxylic acids is 1. The Kier molecular flexibility index (Phi) is 5.38. The molecule has 0 spiro atoms. The monoisotopic (exact) mass is 334 g/mol. The summed E-state index contributed by atoms with van der Waals surface area (Å²) in [5.41, 5.74) is -1.82. The molecule has 2 rings (SSSR count). The van der Waals surface area contributed by atoms with Crippen LogP contribution in [0.4, 0.5) is 0 Å². The molecule has 7 nitrogen and oxygen atoms in total. The van der Waals surface area contributed by atoms with Gasteiger partial charge in [-0.25, -0.2) is 9.59 Å². The van der Waals surface area contributed by atoms with Crippen LogP contribution >= 0.6 is 0 Å². The number of ether oxygens (including phenoxy) is 4. The van der Waals surface area contributed by atoms with Crippen LogP contribution in [0.15, 0.2) is 53.8 Å². The lowest BCUT2D eigenvalue weighted by Gasteiger charge is -2.37. The van der Waals surface area contributed by atoms with E-state index in [1.54, 1.807) is 30.3 Å². The van der Waals surface area contributed by atoms with E-state index >= 15 is 0 Å². The summed E-state index contributed by atoms with van der Waals surface area (Å²) in [7, 11) is 3.94. The first-order chi connectivity index (χ1) is 11.5. The lowest BCUT2D eigenvalue weighted by molar-refractivity contribution is -0.172. The zero-order valence-corrected chi connectivity index (χ0v) is 13.5. The van der Waals surface area contributed by atoms with Gasteiger partial charge in [-0.3, -0.25) is 0 Å². The predicted octanol–water partition coefficient (Wildman–Crippen LogP) is 1.55. The topological polar surface area (TPSA) is 91.3 Å². The molecule has 24 heavy (non-hydrogen) atoms. The Morgan fingerprint density at radius 2 is 1.79 bits per heavy atom. The van der Waals surface area contributed by atoms with E-state index in [-0.39, 0.29) is 11.3 Å². The molecule has 0 heterocycles. The van der Waals surface area contributed by atoms with Crippen LogP contribution in [-0.4, -0.2) is 50.1 Å². The third kappa shape index (κ3) is 3.04. The van der Waals surface area contributed by atoms with Crippen LogP contribution in [0.1, 0.15) is 0 Å². The van der Waals surface area contributed by atoms with Gasteiger partial charge in [-0.1, -0.05) is 18.2 Å².